The first kappa shape index (κ1) is 11.2. The lowest BCUT2D eigenvalue weighted by molar-refractivity contribution is 0.686. The smallest absolute Gasteiger partial charge is 0.183 e. The van der Waals surface area contributed by atoms with Crippen LogP contribution in [0.3, 0.4) is 0 Å². The van der Waals surface area contributed by atoms with E-state index in [1.54, 1.807) is 6.26 Å². The van der Waals surface area contributed by atoms with Crippen molar-refractivity contribution in [3.8, 4) is 0 Å². The second kappa shape index (κ2) is 4.10. The Bertz CT molecular complexity index is 604. The molecule has 1 unspecified atom stereocenters. The van der Waals surface area contributed by atoms with Gasteiger partial charge in [0, 0.05) is 12.2 Å². The van der Waals surface area contributed by atoms with Crippen LogP contribution in [-0.2, 0) is 17.2 Å². The van der Waals surface area contributed by atoms with Crippen molar-refractivity contribution >= 4 is 32.5 Å². The highest BCUT2D eigenvalue weighted by Gasteiger charge is 2.28. The van der Waals surface area contributed by atoms with E-state index in [0.29, 0.717) is 10.3 Å². The summed E-state index contributed by atoms with van der Waals surface area (Å²) < 4.78 is 13.1. The van der Waals surface area contributed by atoms with Gasteiger partial charge in [0.1, 0.15) is 5.82 Å². The van der Waals surface area contributed by atoms with E-state index in [1.165, 1.54) is 24.2 Å². The highest BCUT2D eigenvalue weighted by atomic mass is 32.2. The maximum atomic E-state index is 11.5. The van der Waals surface area contributed by atoms with Crippen molar-refractivity contribution in [2.45, 2.75) is 36.4 Å². The van der Waals surface area contributed by atoms with Gasteiger partial charge in [0.25, 0.3) is 0 Å². The highest BCUT2D eigenvalue weighted by molar-refractivity contribution is 7.86. The Hall–Kier alpha value is -0.880. The van der Waals surface area contributed by atoms with E-state index in [1.807, 2.05) is 0 Å². The summed E-state index contributed by atoms with van der Waals surface area (Å²) in [4.78, 5) is 13.5. The number of aromatic nitrogens is 3. The first-order valence-corrected chi connectivity index (χ1v) is 8.07. The summed E-state index contributed by atoms with van der Waals surface area (Å²) >= 11 is 1.46. The lowest BCUT2D eigenvalue weighted by Gasteiger charge is -2.00. The predicted octanol–water partition coefficient (Wildman–Crippen LogP) is 2.26. The number of hydrogen-bond donors (Lipinski definition) is 0. The maximum Gasteiger partial charge on any atom is 0.183 e. The van der Waals surface area contributed by atoms with Crippen LogP contribution in [0.25, 0.3) is 10.3 Å². The van der Waals surface area contributed by atoms with Gasteiger partial charge in [-0.1, -0.05) is 6.92 Å². The minimum absolute atomic E-state index is 0.530. The quantitative estimate of drug-likeness (QED) is 0.856. The molecule has 0 spiro atoms. The topological polar surface area (TPSA) is 55.7 Å². The Balaban J connectivity index is 2.21. The molecule has 1 fully saturated rings. The fraction of sp³-hybridized carbons (Fsp3) is 0.545. The third-order valence-electron chi connectivity index (χ3n) is 2.85. The minimum atomic E-state index is -1.03. The van der Waals surface area contributed by atoms with Gasteiger partial charge in [0.2, 0.25) is 0 Å². The van der Waals surface area contributed by atoms with E-state index < -0.39 is 10.8 Å². The summed E-state index contributed by atoms with van der Waals surface area (Å²) in [5, 5.41) is 0. The second-order valence-electron chi connectivity index (χ2n) is 4.24. The fourth-order valence-electron chi connectivity index (χ4n) is 1.77. The molecule has 17 heavy (non-hydrogen) atoms. The molecule has 6 heteroatoms. The van der Waals surface area contributed by atoms with Gasteiger partial charge in [-0.2, -0.15) is 0 Å². The summed E-state index contributed by atoms with van der Waals surface area (Å²) in [7, 11) is -1.03. The second-order valence-corrected chi connectivity index (χ2v) is 6.80. The normalized spacial score (nSPS) is 17.5. The van der Waals surface area contributed by atoms with Crippen LogP contribution in [0, 0.1) is 0 Å². The number of nitrogens with zero attached hydrogens (tertiary/aromatic N) is 3. The molecule has 4 nitrogen and oxygen atoms in total. The standard InChI is InChI=1S/C11H13N3OS2/c1-3-7-8-10(14-11(16-8)17(2)15)13-9(12-7)6-4-5-6/h6H,3-5H2,1-2H3. The van der Waals surface area contributed by atoms with E-state index in [4.69, 9.17) is 0 Å². The largest absolute Gasteiger partial charge is 0.252 e. The van der Waals surface area contributed by atoms with Crippen molar-refractivity contribution in [3.63, 3.8) is 0 Å². The summed E-state index contributed by atoms with van der Waals surface area (Å²) in [5.41, 5.74) is 1.78. The average Bonchev–Trinajstić information content (AvgIpc) is 3.06. The van der Waals surface area contributed by atoms with Crippen LogP contribution in [0.5, 0.6) is 0 Å². The average molecular weight is 267 g/mol. The molecular weight excluding hydrogens is 254 g/mol. The molecular formula is C11H13N3OS2. The Morgan fingerprint density at radius 2 is 2.12 bits per heavy atom. The molecule has 0 saturated heterocycles. The Morgan fingerprint density at radius 3 is 2.71 bits per heavy atom. The van der Waals surface area contributed by atoms with Crippen molar-refractivity contribution in [1.82, 2.24) is 15.0 Å². The first-order valence-electron chi connectivity index (χ1n) is 5.69. The van der Waals surface area contributed by atoms with Crippen molar-refractivity contribution in [3.05, 3.63) is 11.5 Å². The molecule has 0 amide bonds. The summed E-state index contributed by atoms with van der Waals surface area (Å²) in [5.74, 6) is 1.45. The van der Waals surface area contributed by atoms with E-state index in [2.05, 4.69) is 21.9 Å². The monoisotopic (exact) mass is 267 g/mol. The van der Waals surface area contributed by atoms with E-state index >= 15 is 0 Å². The van der Waals surface area contributed by atoms with Gasteiger partial charge >= 0.3 is 0 Å². The molecule has 2 aromatic rings. The molecule has 2 heterocycles. The van der Waals surface area contributed by atoms with Crippen molar-refractivity contribution in [2.24, 2.45) is 0 Å². The molecule has 1 atom stereocenters. The number of fused-ring (bicyclic) bond motifs is 1. The Kier molecular flexibility index (Phi) is 2.71. The molecule has 0 N–H and O–H groups in total. The van der Waals surface area contributed by atoms with Crippen molar-refractivity contribution < 1.29 is 4.21 Å². The van der Waals surface area contributed by atoms with Crippen LogP contribution >= 0.6 is 11.3 Å². The van der Waals surface area contributed by atoms with Gasteiger partial charge in [-0.3, -0.25) is 4.21 Å². The lowest BCUT2D eigenvalue weighted by atomic mass is 10.3. The van der Waals surface area contributed by atoms with Crippen LogP contribution in [0.4, 0.5) is 0 Å². The van der Waals surface area contributed by atoms with Crippen LogP contribution in [0.1, 0.15) is 37.2 Å². The number of thiazole rings is 1. The number of hydrogen-bond acceptors (Lipinski definition) is 5. The van der Waals surface area contributed by atoms with E-state index in [9.17, 15) is 4.21 Å². The zero-order chi connectivity index (χ0) is 12.0. The summed E-state index contributed by atoms with van der Waals surface area (Å²) in [6, 6.07) is 0. The third kappa shape index (κ3) is 1.99. The van der Waals surface area contributed by atoms with Gasteiger partial charge in [-0.15, -0.1) is 11.3 Å². The van der Waals surface area contributed by atoms with Gasteiger partial charge in [0.05, 0.1) is 21.2 Å². The molecule has 90 valence electrons. The first-order chi connectivity index (χ1) is 8.19. The van der Waals surface area contributed by atoms with E-state index in [-0.39, 0.29) is 0 Å². The Morgan fingerprint density at radius 1 is 1.35 bits per heavy atom. The van der Waals surface area contributed by atoms with Crippen LogP contribution in [0.2, 0.25) is 0 Å². The van der Waals surface area contributed by atoms with Crippen LogP contribution in [-0.4, -0.2) is 25.4 Å². The predicted molar refractivity (Wildman–Crippen MR) is 68.9 cm³/mol. The SMILES string of the molecule is CCc1nc(C2CC2)nc2nc(S(C)=O)sc12. The molecule has 1 aliphatic rings. The molecule has 0 aliphatic heterocycles. The summed E-state index contributed by atoms with van der Waals surface area (Å²) in [6.45, 7) is 2.08. The molecule has 2 aromatic heterocycles. The third-order valence-corrected chi connectivity index (χ3v) is 5.27. The van der Waals surface area contributed by atoms with Crippen molar-refractivity contribution in [1.29, 1.82) is 0 Å². The zero-order valence-electron chi connectivity index (χ0n) is 9.77. The highest BCUT2D eigenvalue weighted by Crippen LogP contribution is 2.39. The van der Waals surface area contributed by atoms with Crippen molar-refractivity contribution in [2.75, 3.05) is 6.26 Å². The van der Waals surface area contributed by atoms with Crippen LogP contribution in [0.15, 0.2) is 4.34 Å². The van der Waals surface area contributed by atoms with Crippen LogP contribution < -0.4 is 0 Å². The maximum absolute atomic E-state index is 11.5. The number of rotatable bonds is 3. The molecule has 1 aliphatic carbocycles. The fourth-order valence-corrected chi connectivity index (χ4v) is 3.50. The van der Waals surface area contributed by atoms with Gasteiger partial charge in [-0.05, 0) is 19.3 Å². The molecule has 1 saturated carbocycles. The van der Waals surface area contributed by atoms with Gasteiger partial charge in [-0.25, -0.2) is 15.0 Å². The molecule has 3 rings (SSSR count). The minimum Gasteiger partial charge on any atom is -0.252 e. The zero-order valence-corrected chi connectivity index (χ0v) is 11.4. The lowest BCUT2D eigenvalue weighted by Crippen LogP contribution is -1.98. The molecule has 0 radical (unpaired) electrons. The van der Waals surface area contributed by atoms with Gasteiger partial charge in [0.15, 0.2) is 9.99 Å². The summed E-state index contributed by atoms with van der Waals surface area (Å²) in [6.07, 6.45) is 4.89. The van der Waals surface area contributed by atoms with Gasteiger partial charge < -0.3 is 0 Å². The molecule has 0 aromatic carbocycles. The Labute approximate surface area is 106 Å². The van der Waals surface area contributed by atoms with E-state index in [0.717, 1.165) is 28.3 Å². The number of aryl methyl sites for hydroxylation is 1. The molecule has 0 bridgehead atoms.